The smallest absolute Gasteiger partial charge is 0.264 e. The van der Waals surface area contributed by atoms with E-state index in [0.717, 1.165) is 24.8 Å². The molecule has 0 unspecified atom stereocenters. The number of hydrogen-bond donors (Lipinski definition) is 0. The van der Waals surface area contributed by atoms with Crippen LogP contribution < -0.4 is 9.64 Å². The molecule has 4 heteroatoms. The maximum atomic E-state index is 12.4. The van der Waals surface area contributed by atoms with Gasteiger partial charge in [0, 0.05) is 12.2 Å². The van der Waals surface area contributed by atoms with Gasteiger partial charge in [0.25, 0.3) is 5.91 Å². The molecule has 0 saturated carbocycles. The summed E-state index contributed by atoms with van der Waals surface area (Å²) >= 11 is 0. The van der Waals surface area contributed by atoms with Crippen LogP contribution >= 0.6 is 0 Å². The lowest BCUT2D eigenvalue weighted by Gasteiger charge is -2.29. The standard InChI is InChI=1S/C18H17NO3/c20-12-15-7-2-4-10-17(15)22-13-18(21)19-11-5-8-14-6-1-3-9-16(14)19/h1-4,6-7,9-10,12H,5,8,11,13H2. The van der Waals surface area contributed by atoms with Crippen molar-refractivity contribution in [3.63, 3.8) is 0 Å². The Kier molecular flexibility index (Phi) is 4.19. The summed E-state index contributed by atoms with van der Waals surface area (Å²) in [7, 11) is 0. The predicted octanol–water partition coefficient (Wildman–Crippen LogP) is 2.86. The Labute approximate surface area is 129 Å². The third kappa shape index (κ3) is 2.86. The molecule has 0 fully saturated rings. The molecule has 0 spiro atoms. The zero-order chi connectivity index (χ0) is 15.4. The highest BCUT2D eigenvalue weighted by molar-refractivity contribution is 5.95. The number of hydrogen-bond acceptors (Lipinski definition) is 3. The second-order valence-corrected chi connectivity index (χ2v) is 5.22. The van der Waals surface area contributed by atoms with Crippen molar-refractivity contribution in [1.82, 2.24) is 0 Å². The van der Waals surface area contributed by atoms with E-state index in [1.165, 1.54) is 5.56 Å². The number of ether oxygens (including phenoxy) is 1. The molecule has 4 nitrogen and oxygen atoms in total. The van der Waals surface area contributed by atoms with E-state index >= 15 is 0 Å². The van der Waals surface area contributed by atoms with Crippen LogP contribution in [0.15, 0.2) is 48.5 Å². The number of amides is 1. The molecule has 0 aromatic heterocycles. The van der Waals surface area contributed by atoms with Gasteiger partial charge in [-0.15, -0.1) is 0 Å². The first kappa shape index (κ1) is 14.3. The summed E-state index contributed by atoms with van der Waals surface area (Å²) in [4.78, 5) is 25.2. The van der Waals surface area contributed by atoms with Crippen molar-refractivity contribution in [3.8, 4) is 5.75 Å². The Balaban J connectivity index is 1.72. The quantitative estimate of drug-likeness (QED) is 0.815. The summed E-state index contributed by atoms with van der Waals surface area (Å²) in [6.45, 7) is 0.633. The number of benzene rings is 2. The second kappa shape index (κ2) is 6.43. The first-order valence-electron chi connectivity index (χ1n) is 7.35. The highest BCUT2D eigenvalue weighted by Gasteiger charge is 2.22. The minimum absolute atomic E-state index is 0.0703. The van der Waals surface area contributed by atoms with Crippen molar-refractivity contribution in [1.29, 1.82) is 0 Å². The maximum Gasteiger partial charge on any atom is 0.264 e. The van der Waals surface area contributed by atoms with Gasteiger partial charge in [-0.05, 0) is 36.6 Å². The van der Waals surface area contributed by atoms with Gasteiger partial charge in [0.15, 0.2) is 12.9 Å². The molecule has 1 aliphatic heterocycles. The first-order chi connectivity index (χ1) is 10.8. The van der Waals surface area contributed by atoms with Crippen molar-refractivity contribution in [2.45, 2.75) is 12.8 Å². The number of anilines is 1. The van der Waals surface area contributed by atoms with Crippen LogP contribution in [0.2, 0.25) is 0 Å². The van der Waals surface area contributed by atoms with Gasteiger partial charge in [-0.25, -0.2) is 0 Å². The van der Waals surface area contributed by atoms with Gasteiger partial charge in [-0.2, -0.15) is 0 Å². The van der Waals surface area contributed by atoms with Gasteiger partial charge >= 0.3 is 0 Å². The lowest BCUT2D eigenvalue weighted by molar-refractivity contribution is -0.120. The van der Waals surface area contributed by atoms with Gasteiger partial charge in [0.1, 0.15) is 5.75 Å². The number of aldehydes is 1. The Morgan fingerprint density at radius 3 is 2.77 bits per heavy atom. The monoisotopic (exact) mass is 295 g/mol. The molecule has 0 atom stereocenters. The number of aryl methyl sites for hydroxylation is 1. The lowest BCUT2D eigenvalue weighted by atomic mass is 10.0. The van der Waals surface area contributed by atoms with Crippen LogP contribution in [-0.4, -0.2) is 25.3 Å². The minimum atomic E-state index is -0.0900. The summed E-state index contributed by atoms with van der Waals surface area (Å²) in [6.07, 6.45) is 2.68. The third-order valence-corrected chi connectivity index (χ3v) is 3.81. The summed E-state index contributed by atoms with van der Waals surface area (Å²) in [6, 6.07) is 14.9. The normalized spacial score (nSPS) is 13.4. The number of rotatable bonds is 4. The molecule has 22 heavy (non-hydrogen) atoms. The van der Waals surface area contributed by atoms with Gasteiger partial charge < -0.3 is 9.64 Å². The molecular weight excluding hydrogens is 278 g/mol. The second-order valence-electron chi connectivity index (χ2n) is 5.22. The highest BCUT2D eigenvalue weighted by atomic mass is 16.5. The van der Waals surface area contributed by atoms with Gasteiger partial charge in [0.2, 0.25) is 0 Å². The Morgan fingerprint density at radius 2 is 1.91 bits per heavy atom. The highest BCUT2D eigenvalue weighted by Crippen LogP contribution is 2.27. The number of carbonyl (C=O) groups is 2. The number of carbonyl (C=O) groups excluding carboxylic acids is 2. The zero-order valence-corrected chi connectivity index (χ0v) is 12.2. The number of para-hydroxylation sites is 2. The van der Waals surface area contributed by atoms with E-state index in [2.05, 4.69) is 6.07 Å². The zero-order valence-electron chi connectivity index (χ0n) is 12.2. The molecule has 0 saturated heterocycles. The molecule has 2 aromatic carbocycles. The van der Waals surface area contributed by atoms with Crippen LogP contribution in [-0.2, 0) is 11.2 Å². The molecule has 0 radical (unpaired) electrons. The summed E-state index contributed by atoms with van der Waals surface area (Å²) in [5.41, 5.74) is 2.61. The fraction of sp³-hybridized carbons (Fsp3) is 0.222. The summed E-state index contributed by atoms with van der Waals surface area (Å²) in [5.74, 6) is 0.351. The summed E-state index contributed by atoms with van der Waals surface area (Å²) in [5, 5.41) is 0. The van der Waals surface area contributed by atoms with Gasteiger partial charge in [-0.1, -0.05) is 30.3 Å². The average Bonchev–Trinajstić information content (AvgIpc) is 2.59. The van der Waals surface area contributed by atoms with Crippen molar-refractivity contribution < 1.29 is 14.3 Å². The maximum absolute atomic E-state index is 12.4. The van der Waals surface area contributed by atoms with Crippen molar-refractivity contribution in [3.05, 3.63) is 59.7 Å². The molecule has 2 aromatic rings. The third-order valence-electron chi connectivity index (χ3n) is 3.81. The fourth-order valence-corrected chi connectivity index (χ4v) is 2.72. The topological polar surface area (TPSA) is 46.6 Å². The largest absolute Gasteiger partial charge is 0.483 e. The number of fused-ring (bicyclic) bond motifs is 1. The van der Waals surface area contributed by atoms with E-state index in [4.69, 9.17) is 4.74 Å². The van der Waals surface area contributed by atoms with E-state index in [0.29, 0.717) is 17.9 Å². The van der Waals surface area contributed by atoms with E-state index in [-0.39, 0.29) is 12.5 Å². The number of nitrogens with zero attached hydrogens (tertiary/aromatic N) is 1. The predicted molar refractivity (Wildman–Crippen MR) is 84.4 cm³/mol. The molecule has 1 amide bonds. The van der Waals surface area contributed by atoms with Crippen molar-refractivity contribution in [2.75, 3.05) is 18.1 Å². The molecular formula is C18H17NO3. The SMILES string of the molecule is O=Cc1ccccc1OCC(=O)N1CCCc2ccccc21. The van der Waals surface area contributed by atoms with Gasteiger partial charge in [-0.3, -0.25) is 9.59 Å². The molecule has 3 rings (SSSR count). The molecule has 0 N–H and O–H groups in total. The van der Waals surface area contributed by atoms with E-state index < -0.39 is 0 Å². The van der Waals surface area contributed by atoms with Crippen LogP contribution in [0.1, 0.15) is 22.3 Å². The summed E-state index contributed by atoms with van der Waals surface area (Å²) < 4.78 is 5.54. The van der Waals surface area contributed by atoms with E-state index in [9.17, 15) is 9.59 Å². The first-order valence-corrected chi connectivity index (χ1v) is 7.35. The molecule has 112 valence electrons. The lowest BCUT2D eigenvalue weighted by Crippen LogP contribution is -2.38. The molecule has 0 bridgehead atoms. The van der Waals surface area contributed by atoms with Crippen LogP contribution in [0.25, 0.3) is 0 Å². The van der Waals surface area contributed by atoms with Crippen LogP contribution in [0, 0.1) is 0 Å². The van der Waals surface area contributed by atoms with Crippen molar-refractivity contribution >= 4 is 17.9 Å². The van der Waals surface area contributed by atoms with E-state index in [1.807, 2.05) is 18.2 Å². The Hall–Kier alpha value is -2.62. The fourth-order valence-electron chi connectivity index (χ4n) is 2.72. The van der Waals surface area contributed by atoms with Crippen molar-refractivity contribution in [2.24, 2.45) is 0 Å². The van der Waals surface area contributed by atoms with Crippen LogP contribution in [0.4, 0.5) is 5.69 Å². The van der Waals surface area contributed by atoms with E-state index in [1.54, 1.807) is 29.2 Å². The Bertz CT molecular complexity index is 696. The Morgan fingerprint density at radius 1 is 1.14 bits per heavy atom. The molecule has 0 aliphatic carbocycles. The van der Waals surface area contributed by atoms with Crippen LogP contribution in [0.5, 0.6) is 5.75 Å². The average molecular weight is 295 g/mol. The molecule has 1 aliphatic rings. The van der Waals surface area contributed by atoms with Gasteiger partial charge in [0.05, 0.1) is 5.56 Å². The van der Waals surface area contributed by atoms with Crippen LogP contribution in [0.3, 0.4) is 0 Å². The minimum Gasteiger partial charge on any atom is -0.483 e. The molecule has 1 heterocycles.